The molecular formula is C9H8ClFO2. The summed E-state index contributed by atoms with van der Waals surface area (Å²) >= 11 is 5.73. The summed E-state index contributed by atoms with van der Waals surface area (Å²) in [5, 5.41) is 0.292. The summed E-state index contributed by atoms with van der Waals surface area (Å²) in [5.74, 6) is 0.138. The molecule has 1 aromatic carbocycles. The molecule has 70 valence electrons. The number of hydrogen-bond acceptors (Lipinski definition) is 2. The van der Waals surface area contributed by atoms with Gasteiger partial charge >= 0.3 is 0 Å². The minimum atomic E-state index is -0.361. The molecule has 0 spiro atoms. The molecule has 1 aliphatic heterocycles. The van der Waals surface area contributed by atoms with Gasteiger partial charge in [-0.2, -0.15) is 0 Å². The predicted molar refractivity (Wildman–Crippen MR) is 46.6 cm³/mol. The van der Waals surface area contributed by atoms with Crippen LogP contribution >= 0.6 is 11.6 Å². The number of epoxide rings is 1. The van der Waals surface area contributed by atoms with Gasteiger partial charge in [0.25, 0.3) is 0 Å². The molecule has 0 unspecified atom stereocenters. The first-order valence-electron chi connectivity index (χ1n) is 3.95. The molecule has 0 N–H and O–H groups in total. The minimum Gasteiger partial charge on any atom is -0.489 e. The third-order valence-corrected chi connectivity index (χ3v) is 2.02. The Morgan fingerprint density at radius 2 is 2.38 bits per heavy atom. The standard InChI is InChI=1S/C9H8ClFO2/c10-8-3-6(11)1-2-9(8)13-5-7-4-12-7/h1-3,7H,4-5H2/t7-/m0/s1. The molecule has 1 heterocycles. The summed E-state index contributed by atoms with van der Waals surface area (Å²) in [7, 11) is 0. The van der Waals surface area contributed by atoms with Crippen molar-refractivity contribution in [3.8, 4) is 5.75 Å². The Morgan fingerprint density at radius 1 is 1.62 bits per heavy atom. The summed E-state index contributed by atoms with van der Waals surface area (Å²) in [5.41, 5.74) is 0. The van der Waals surface area contributed by atoms with Crippen LogP contribution in [-0.2, 0) is 4.74 Å². The highest BCUT2D eigenvalue weighted by atomic mass is 35.5. The zero-order chi connectivity index (χ0) is 9.26. The second-order valence-corrected chi connectivity index (χ2v) is 3.25. The average Bonchev–Trinajstić information content (AvgIpc) is 2.86. The van der Waals surface area contributed by atoms with E-state index in [0.717, 1.165) is 6.61 Å². The van der Waals surface area contributed by atoms with Crippen molar-refractivity contribution in [1.82, 2.24) is 0 Å². The zero-order valence-electron chi connectivity index (χ0n) is 6.80. The van der Waals surface area contributed by atoms with Gasteiger partial charge < -0.3 is 9.47 Å². The third-order valence-electron chi connectivity index (χ3n) is 1.72. The fraction of sp³-hybridized carbons (Fsp3) is 0.333. The van der Waals surface area contributed by atoms with Gasteiger partial charge in [-0.25, -0.2) is 4.39 Å². The van der Waals surface area contributed by atoms with Gasteiger partial charge in [0.05, 0.1) is 11.6 Å². The quantitative estimate of drug-likeness (QED) is 0.702. The lowest BCUT2D eigenvalue weighted by Gasteiger charge is -2.05. The van der Waals surface area contributed by atoms with E-state index in [2.05, 4.69) is 0 Å². The van der Waals surface area contributed by atoms with Crippen LogP contribution in [0.15, 0.2) is 18.2 Å². The van der Waals surface area contributed by atoms with Crippen LogP contribution in [0.2, 0.25) is 5.02 Å². The molecule has 1 fully saturated rings. The number of rotatable bonds is 3. The largest absolute Gasteiger partial charge is 0.489 e. The van der Waals surface area contributed by atoms with Gasteiger partial charge in [0.15, 0.2) is 0 Å². The molecule has 0 amide bonds. The van der Waals surface area contributed by atoms with Gasteiger partial charge in [-0.05, 0) is 18.2 Å². The molecule has 0 saturated carbocycles. The van der Waals surface area contributed by atoms with Crippen LogP contribution in [0.3, 0.4) is 0 Å². The molecule has 1 saturated heterocycles. The van der Waals surface area contributed by atoms with E-state index in [1.807, 2.05) is 0 Å². The highest BCUT2D eigenvalue weighted by molar-refractivity contribution is 6.32. The van der Waals surface area contributed by atoms with Crippen LogP contribution in [0.4, 0.5) is 4.39 Å². The molecule has 1 aromatic rings. The topological polar surface area (TPSA) is 21.8 Å². The number of ether oxygens (including phenoxy) is 2. The zero-order valence-corrected chi connectivity index (χ0v) is 7.55. The van der Waals surface area contributed by atoms with Crippen LogP contribution in [0, 0.1) is 5.82 Å². The van der Waals surface area contributed by atoms with Crippen molar-refractivity contribution in [2.75, 3.05) is 13.2 Å². The summed E-state index contributed by atoms with van der Waals surface area (Å²) in [6.07, 6.45) is 0.182. The van der Waals surface area contributed by atoms with E-state index in [0.29, 0.717) is 17.4 Å². The van der Waals surface area contributed by atoms with Crippen LogP contribution in [0.25, 0.3) is 0 Å². The average molecular weight is 203 g/mol. The maximum atomic E-state index is 12.6. The van der Waals surface area contributed by atoms with E-state index in [1.54, 1.807) is 0 Å². The molecule has 4 heteroatoms. The Labute approximate surface area is 80.2 Å². The molecule has 1 aliphatic rings. The summed E-state index contributed by atoms with van der Waals surface area (Å²) < 4.78 is 22.8. The maximum Gasteiger partial charge on any atom is 0.138 e. The van der Waals surface area contributed by atoms with E-state index in [1.165, 1.54) is 18.2 Å². The molecule has 0 bridgehead atoms. The Kier molecular flexibility index (Phi) is 2.38. The summed E-state index contributed by atoms with van der Waals surface area (Å²) in [4.78, 5) is 0. The fourth-order valence-corrected chi connectivity index (χ4v) is 1.16. The summed E-state index contributed by atoms with van der Waals surface area (Å²) in [6.45, 7) is 1.21. The SMILES string of the molecule is Fc1ccc(OC[C@@H]2CO2)c(Cl)c1. The molecule has 1 atom stereocenters. The highest BCUT2D eigenvalue weighted by Crippen LogP contribution is 2.25. The van der Waals surface area contributed by atoms with E-state index in [9.17, 15) is 4.39 Å². The molecule has 2 rings (SSSR count). The molecule has 13 heavy (non-hydrogen) atoms. The Balaban J connectivity index is 2.01. The lowest BCUT2D eigenvalue weighted by molar-refractivity contribution is 0.263. The molecule has 0 aliphatic carbocycles. The van der Waals surface area contributed by atoms with Crippen molar-refractivity contribution >= 4 is 11.6 Å². The number of hydrogen-bond donors (Lipinski definition) is 0. The van der Waals surface area contributed by atoms with E-state index >= 15 is 0 Å². The van der Waals surface area contributed by atoms with Crippen molar-refractivity contribution in [2.45, 2.75) is 6.10 Å². The van der Waals surface area contributed by atoms with Gasteiger partial charge in [0, 0.05) is 0 Å². The van der Waals surface area contributed by atoms with Crippen LogP contribution in [0.1, 0.15) is 0 Å². The second kappa shape index (κ2) is 3.52. The molecule has 0 aromatic heterocycles. The molecule has 0 radical (unpaired) electrons. The van der Waals surface area contributed by atoms with Crippen molar-refractivity contribution in [3.63, 3.8) is 0 Å². The van der Waals surface area contributed by atoms with E-state index in [-0.39, 0.29) is 11.9 Å². The van der Waals surface area contributed by atoms with Crippen molar-refractivity contribution < 1.29 is 13.9 Å². The monoisotopic (exact) mass is 202 g/mol. The smallest absolute Gasteiger partial charge is 0.138 e. The summed E-state index contributed by atoms with van der Waals surface area (Å²) in [6, 6.07) is 4.06. The van der Waals surface area contributed by atoms with Gasteiger partial charge in [-0.1, -0.05) is 11.6 Å². The molecule has 2 nitrogen and oxygen atoms in total. The minimum absolute atomic E-state index is 0.182. The van der Waals surface area contributed by atoms with Gasteiger partial charge in [0.1, 0.15) is 24.3 Å². The number of halogens is 2. The van der Waals surface area contributed by atoms with E-state index in [4.69, 9.17) is 21.1 Å². The predicted octanol–water partition coefficient (Wildman–Crippen LogP) is 2.26. The van der Waals surface area contributed by atoms with Crippen molar-refractivity contribution in [2.24, 2.45) is 0 Å². The number of benzene rings is 1. The fourth-order valence-electron chi connectivity index (χ4n) is 0.939. The first-order valence-corrected chi connectivity index (χ1v) is 4.33. The Bertz CT molecular complexity index is 312. The lowest BCUT2D eigenvalue weighted by atomic mass is 10.3. The van der Waals surface area contributed by atoms with Crippen LogP contribution in [-0.4, -0.2) is 19.3 Å². The first-order chi connectivity index (χ1) is 6.25. The van der Waals surface area contributed by atoms with Crippen LogP contribution in [0.5, 0.6) is 5.75 Å². The maximum absolute atomic E-state index is 12.6. The van der Waals surface area contributed by atoms with Crippen LogP contribution < -0.4 is 4.74 Å². The third kappa shape index (κ3) is 2.32. The van der Waals surface area contributed by atoms with Crippen molar-refractivity contribution in [3.05, 3.63) is 29.0 Å². The van der Waals surface area contributed by atoms with E-state index < -0.39 is 0 Å². The molecular weight excluding hydrogens is 195 g/mol. The lowest BCUT2D eigenvalue weighted by Crippen LogP contribution is -2.04. The highest BCUT2D eigenvalue weighted by Gasteiger charge is 2.23. The van der Waals surface area contributed by atoms with Gasteiger partial charge in [-0.3, -0.25) is 0 Å². The normalized spacial score (nSPS) is 20.0. The van der Waals surface area contributed by atoms with Gasteiger partial charge in [-0.15, -0.1) is 0 Å². The first kappa shape index (κ1) is 8.78. The Morgan fingerprint density at radius 3 is 3.00 bits per heavy atom. The Hall–Kier alpha value is -0.800. The van der Waals surface area contributed by atoms with Gasteiger partial charge in [0.2, 0.25) is 0 Å². The second-order valence-electron chi connectivity index (χ2n) is 2.84. The van der Waals surface area contributed by atoms with Crippen molar-refractivity contribution in [1.29, 1.82) is 0 Å².